The van der Waals surface area contributed by atoms with Crippen molar-refractivity contribution < 1.29 is 5.11 Å². The van der Waals surface area contributed by atoms with Crippen LogP contribution in [0.3, 0.4) is 0 Å². The van der Waals surface area contributed by atoms with Gasteiger partial charge < -0.3 is 10.4 Å². The molecule has 1 fully saturated rings. The van der Waals surface area contributed by atoms with Gasteiger partial charge in [-0.2, -0.15) is 0 Å². The van der Waals surface area contributed by atoms with Crippen LogP contribution in [0.1, 0.15) is 32.3 Å². The molecule has 1 aliphatic heterocycles. The molecule has 0 atom stereocenters. The van der Waals surface area contributed by atoms with E-state index < -0.39 is 0 Å². The number of aromatic hydroxyl groups is 1. The van der Waals surface area contributed by atoms with Gasteiger partial charge in [0.05, 0.1) is 0 Å². The van der Waals surface area contributed by atoms with Gasteiger partial charge in [0, 0.05) is 6.54 Å². The minimum atomic E-state index is 0.371. The molecule has 1 heterocycles. The predicted molar refractivity (Wildman–Crippen MR) is 83.8 cm³/mol. The topological polar surface area (TPSA) is 35.5 Å². The molecule has 20 heavy (non-hydrogen) atoms. The average molecular weight is 276 g/mol. The zero-order valence-corrected chi connectivity index (χ0v) is 12.8. The molecule has 0 radical (unpaired) electrons. The lowest BCUT2D eigenvalue weighted by Crippen LogP contribution is -2.37. The van der Waals surface area contributed by atoms with Gasteiger partial charge in [0.15, 0.2) is 0 Å². The van der Waals surface area contributed by atoms with Crippen LogP contribution < -0.4 is 5.32 Å². The SMILES string of the molecule is CC(C)CNCC1CCN(Cc2cccc(O)c2)CC1. The van der Waals surface area contributed by atoms with Gasteiger partial charge in [-0.3, -0.25) is 4.90 Å². The lowest BCUT2D eigenvalue weighted by atomic mass is 9.96. The highest BCUT2D eigenvalue weighted by Gasteiger charge is 2.18. The van der Waals surface area contributed by atoms with Crippen molar-refractivity contribution in [2.24, 2.45) is 11.8 Å². The summed E-state index contributed by atoms with van der Waals surface area (Å²) in [4.78, 5) is 2.49. The fraction of sp³-hybridized carbons (Fsp3) is 0.647. The fourth-order valence-electron chi connectivity index (χ4n) is 2.84. The summed E-state index contributed by atoms with van der Waals surface area (Å²) in [5, 5.41) is 13.1. The second kappa shape index (κ2) is 7.65. The van der Waals surface area contributed by atoms with Crippen molar-refractivity contribution >= 4 is 0 Å². The Bertz CT molecular complexity index is 398. The van der Waals surface area contributed by atoms with E-state index in [9.17, 15) is 5.11 Å². The number of nitrogens with one attached hydrogen (secondary N) is 1. The van der Waals surface area contributed by atoms with Gasteiger partial charge in [0.1, 0.15) is 5.75 Å². The molecule has 2 rings (SSSR count). The highest BCUT2D eigenvalue weighted by atomic mass is 16.3. The molecule has 1 saturated heterocycles. The smallest absolute Gasteiger partial charge is 0.115 e. The summed E-state index contributed by atoms with van der Waals surface area (Å²) in [5.74, 6) is 1.94. The van der Waals surface area contributed by atoms with Crippen LogP contribution in [0, 0.1) is 11.8 Å². The van der Waals surface area contributed by atoms with E-state index in [1.54, 1.807) is 6.07 Å². The van der Waals surface area contributed by atoms with Crippen LogP contribution in [0.5, 0.6) is 5.75 Å². The first-order valence-electron chi connectivity index (χ1n) is 7.84. The van der Waals surface area contributed by atoms with Crippen molar-refractivity contribution in [2.75, 3.05) is 26.2 Å². The summed E-state index contributed by atoms with van der Waals surface area (Å²) in [5.41, 5.74) is 1.21. The lowest BCUT2D eigenvalue weighted by Gasteiger charge is -2.32. The van der Waals surface area contributed by atoms with Crippen molar-refractivity contribution in [2.45, 2.75) is 33.2 Å². The van der Waals surface area contributed by atoms with Gasteiger partial charge >= 0.3 is 0 Å². The molecule has 112 valence electrons. The first-order chi connectivity index (χ1) is 9.63. The van der Waals surface area contributed by atoms with E-state index in [0.29, 0.717) is 5.75 Å². The molecule has 2 N–H and O–H groups in total. The quantitative estimate of drug-likeness (QED) is 0.838. The van der Waals surface area contributed by atoms with Gasteiger partial charge in [0.2, 0.25) is 0 Å². The summed E-state index contributed by atoms with van der Waals surface area (Å²) >= 11 is 0. The first-order valence-corrected chi connectivity index (χ1v) is 7.84. The zero-order valence-electron chi connectivity index (χ0n) is 12.8. The molecule has 0 amide bonds. The third-order valence-corrected chi connectivity index (χ3v) is 4.01. The highest BCUT2D eigenvalue weighted by molar-refractivity contribution is 5.27. The maximum absolute atomic E-state index is 9.50. The molecule has 1 aromatic rings. The number of nitrogens with zero attached hydrogens (tertiary/aromatic N) is 1. The average Bonchev–Trinajstić information content (AvgIpc) is 2.40. The second-order valence-electron chi connectivity index (χ2n) is 6.44. The third-order valence-electron chi connectivity index (χ3n) is 4.01. The Morgan fingerprint density at radius 2 is 2.05 bits per heavy atom. The Balaban J connectivity index is 1.69. The van der Waals surface area contributed by atoms with Crippen molar-refractivity contribution in [1.82, 2.24) is 10.2 Å². The van der Waals surface area contributed by atoms with Gasteiger partial charge in [-0.1, -0.05) is 26.0 Å². The second-order valence-corrected chi connectivity index (χ2v) is 6.44. The predicted octanol–water partition coefficient (Wildman–Crippen LogP) is 2.85. The van der Waals surface area contributed by atoms with Gasteiger partial charge in [-0.15, -0.1) is 0 Å². The highest BCUT2D eigenvalue weighted by Crippen LogP contribution is 2.19. The molecule has 0 aromatic heterocycles. The Morgan fingerprint density at radius 3 is 2.70 bits per heavy atom. The maximum atomic E-state index is 9.50. The van der Waals surface area contributed by atoms with E-state index in [2.05, 4.69) is 30.1 Å². The van der Waals surface area contributed by atoms with E-state index in [0.717, 1.165) is 31.5 Å². The standard InChI is InChI=1S/C17H28N2O/c1-14(2)11-18-12-15-6-8-19(9-7-15)13-16-4-3-5-17(20)10-16/h3-5,10,14-15,18,20H,6-9,11-13H2,1-2H3. The minimum Gasteiger partial charge on any atom is -0.508 e. The molecular formula is C17H28N2O. The normalized spacial score (nSPS) is 17.8. The van der Waals surface area contributed by atoms with Crippen LogP contribution in [0.25, 0.3) is 0 Å². The summed E-state index contributed by atoms with van der Waals surface area (Å²) in [6.07, 6.45) is 2.56. The number of phenols is 1. The summed E-state index contributed by atoms with van der Waals surface area (Å²) in [6.45, 7) is 10.1. The Labute approximate surface area is 123 Å². The van der Waals surface area contributed by atoms with Gasteiger partial charge in [-0.05, 0) is 68.6 Å². The first kappa shape index (κ1) is 15.3. The Kier molecular flexibility index (Phi) is 5.86. The molecule has 3 heteroatoms. The van der Waals surface area contributed by atoms with Crippen molar-refractivity contribution in [1.29, 1.82) is 0 Å². The summed E-state index contributed by atoms with van der Waals surface area (Å²) in [6, 6.07) is 7.62. The van der Waals surface area contributed by atoms with Crippen molar-refractivity contribution in [3.8, 4) is 5.75 Å². The lowest BCUT2D eigenvalue weighted by molar-refractivity contribution is 0.175. The van der Waals surface area contributed by atoms with Gasteiger partial charge in [0.25, 0.3) is 0 Å². The number of likely N-dealkylation sites (tertiary alicyclic amines) is 1. The molecule has 0 spiro atoms. The van der Waals surface area contributed by atoms with Gasteiger partial charge in [-0.25, -0.2) is 0 Å². The van der Waals surface area contributed by atoms with E-state index in [-0.39, 0.29) is 0 Å². The van der Waals surface area contributed by atoms with Crippen LogP contribution in [-0.4, -0.2) is 36.2 Å². The molecule has 0 bridgehead atoms. The van der Waals surface area contributed by atoms with E-state index >= 15 is 0 Å². The zero-order chi connectivity index (χ0) is 14.4. The van der Waals surface area contributed by atoms with Crippen molar-refractivity contribution in [3.05, 3.63) is 29.8 Å². The van der Waals surface area contributed by atoms with Crippen molar-refractivity contribution in [3.63, 3.8) is 0 Å². The summed E-state index contributed by atoms with van der Waals surface area (Å²) in [7, 11) is 0. The number of rotatable bonds is 6. The Hall–Kier alpha value is -1.06. The van der Waals surface area contributed by atoms with E-state index in [1.807, 2.05) is 12.1 Å². The van der Waals surface area contributed by atoms with Crippen LogP contribution in [0.15, 0.2) is 24.3 Å². The number of piperidine rings is 1. The molecule has 1 aliphatic rings. The molecule has 0 unspecified atom stereocenters. The molecular weight excluding hydrogens is 248 g/mol. The number of hydrogen-bond donors (Lipinski definition) is 2. The summed E-state index contributed by atoms with van der Waals surface area (Å²) < 4.78 is 0. The monoisotopic (exact) mass is 276 g/mol. The molecule has 0 saturated carbocycles. The maximum Gasteiger partial charge on any atom is 0.115 e. The molecule has 1 aromatic carbocycles. The fourth-order valence-corrected chi connectivity index (χ4v) is 2.84. The molecule has 3 nitrogen and oxygen atoms in total. The Morgan fingerprint density at radius 1 is 1.30 bits per heavy atom. The van der Waals surface area contributed by atoms with Crippen LogP contribution in [0.4, 0.5) is 0 Å². The minimum absolute atomic E-state index is 0.371. The molecule has 0 aliphatic carbocycles. The third kappa shape index (κ3) is 5.14. The largest absolute Gasteiger partial charge is 0.508 e. The number of benzene rings is 1. The van der Waals surface area contributed by atoms with Crippen LogP contribution in [0.2, 0.25) is 0 Å². The number of hydrogen-bond acceptors (Lipinski definition) is 3. The van der Waals surface area contributed by atoms with Crippen LogP contribution in [-0.2, 0) is 6.54 Å². The van der Waals surface area contributed by atoms with E-state index in [4.69, 9.17) is 0 Å². The number of phenolic OH excluding ortho intramolecular Hbond substituents is 1. The van der Waals surface area contributed by atoms with E-state index in [1.165, 1.54) is 31.5 Å². The van der Waals surface area contributed by atoms with Crippen LogP contribution >= 0.6 is 0 Å².